The molecule has 108 valence electrons. The Morgan fingerprint density at radius 2 is 2.15 bits per heavy atom. The molecule has 0 spiro atoms. The van der Waals surface area contributed by atoms with Crippen molar-refractivity contribution >= 4 is 27.5 Å². The van der Waals surface area contributed by atoms with Crippen LogP contribution in [0, 0.1) is 6.92 Å². The first-order valence-corrected chi connectivity index (χ1v) is 7.56. The van der Waals surface area contributed by atoms with E-state index in [1.54, 1.807) is 13.0 Å². The van der Waals surface area contributed by atoms with Crippen molar-refractivity contribution in [1.29, 1.82) is 0 Å². The van der Waals surface area contributed by atoms with Gasteiger partial charge in [-0.15, -0.1) is 0 Å². The van der Waals surface area contributed by atoms with E-state index >= 15 is 0 Å². The summed E-state index contributed by atoms with van der Waals surface area (Å²) in [6, 6.07) is 3.87. The summed E-state index contributed by atoms with van der Waals surface area (Å²) in [5.41, 5.74) is 0.732. The van der Waals surface area contributed by atoms with Crippen molar-refractivity contribution in [3.8, 4) is 0 Å². The minimum Gasteiger partial charge on any atom is -0.344 e. The van der Waals surface area contributed by atoms with Crippen LogP contribution in [0.2, 0.25) is 0 Å². The van der Waals surface area contributed by atoms with E-state index in [4.69, 9.17) is 5.14 Å². The van der Waals surface area contributed by atoms with Gasteiger partial charge in [0.15, 0.2) is 0 Å². The third-order valence-corrected chi connectivity index (χ3v) is 4.22. The Balaban J connectivity index is 2.22. The molecule has 1 aliphatic heterocycles. The normalized spacial score (nSPS) is 18.7. The molecule has 2 rings (SSSR count). The average molecular weight is 297 g/mol. The largest absolute Gasteiger partial charge is 0.344 e. The molecule has 1 fully saturated rings. The fourth-order valence-corrected chi connectivity index (χ4v) is 2.89. The molecule has 0 radical (unpaired) electrons. The number of primary sulfonamides is 1. The van der Waals surface area contributed by atoms with E-state index in [9.17, 15) is 18.0 Å². The smallest absolute Gasteiger partial charge is 0.246 e. The number of sulfonamides is 1. The number of hydrogen-bond donors (Lipinski definition) is 3. The number of carbonyl (C=O) groups excluding carboxylic acids is 2. The summed E-state index contributed by atoms with van der Waals surface area (Å²) in [7, 11) is -3.84. The Kier molecular flexibility index (Phi) is 3.78. The minimum absolute atomic E-state index is 0.0363. The summed E-state index contributed by atoms with van der Waals surface area (Å²) in [6.07, 6.45) is 0.743. The maximum Gasteiger partial charge on any atom is 0.246 e. The number of nitrogens with one attached hydrogen (secondary N) is 2. The van der Waals surface area contributed by atoms with Crippen molar-refractivity contribution in [2.24, 2.45) is 5.14 Å². The molecule has 4 N–H and O–H groups in total. The van der Waals surface area contributed by atoms with Crippen LogP contribution < -0.4 is 15.8 Å². The van der Waals surface area contributed by atoms with Gasteiger partial charge in [0.05, 0.1) is 4.90 Å². The van der Waals surface area contributed by atoms with E-state index in [2.05, 4.69) is 10.6 Å². The van der Waals surface area contributed by atoms with Gasteiger partial charge in [0.25, 0.3) is 0 Å². The topological polar surface area (TPSA) is 118 Å². The van der Waals surface area contributed by atoms with Crippen molar-refractivity contribution in [3.63, 3.8) is 0 Å². The first-order valence-electron chi connectivity index (χ1n) is 6.01. The van der Waals surface area contributed by atoms with Crippen LogP contribution in [0.15, 0.2) is 23.1 Å². The molecule has 0 saturated carbocycles. The van der Waals surface area contributed by atoms with Crippen molar-refractivity contribution in [1.82, 2.24) is 5.32 Å². The average Bonchev–Trinajstić information content (AvgIpc) is 2.77. The summed E-state index contributed by atoms with van der Waals surface area (Å²) in [6.45, 7) is 1.56. The van der Waals surface area contributed by atoms with Gasteiger partial charge < -0.3 is 10.6 Å². The highest BCUT2D eigenvalue weighted by atomic mass is 32.2. The summed E-state index contributed by atoms with van der Waals surface area (Å²) in [4.78, 5) is 23.0. The first kappa shape index (κ1) is 14.5. The second-order valence-corrected chi connectivity index (χ2v) is 6.15. The van der Waals surface area contributed by atoms with Gasteiger partial charge in [-0.25, -0.2) is 13.6 Å². The highest BCUT2D eigenvalue weighted by Gasteiger charge is 2.27. The summed E-state index contributed by atoms with van der Waals surface area (Å²) >= 11 is 0. The number of carbonyl (C=O) groups is 2. The van der Waals surface area contributed by atoms with Crippen LogP contribution >= 0.6 is 0 Å². The molecule has 8 heteroatoms. The molecule has 0 aromatic heterocycles. The molecule has 2 amide bonds. The van der Waals surface area contributed by atoms with Crippen LogP contribution in [-0.4, -0.2) is 26.3 Å². The molecule has 7 nitrogen and oxygen atoms in total. The van der Waals surface area contributed by atoms with E-state index in [0.717, 1.165) is 0 Å². The lowest BCUT2D eigenvalue weighted by Gasteiger charge is -2.14. The van der Waals surface area contributed by atoms with E-state index < -0.39 is 16.1 Å². The fourth-order valence-electron chi connectivity index (χ4n) is 2.09. The number of hydrogen-bond acceptors (Lipinski definition) is 4. The van der Waals surface area contributed by atoms with Gasteiger partial charge in [-0.2, -0.15) is 0 Å². The SMILES string of the molecule is Cc1c(NC(=O)[C@@H]2CCC(=O)N2)cccc1S(N)(=O)=O. The molecule has 1 heterocycles. The molecule has 1 saturated heterocycles. The van der Waals surface area contributed by atoms with Crippen molar-refractivity contribution in [2.45, 2.75) is 30.7 Å². The maximum absolute atomic E-state index is 12.0. The van der Waals surface area contributed by atoms with Crippen LogP contribution in [-0.2, 0) is 19.6 Å². The molecular weight excluding hydrogens is 282 g/mol. The van der Waals surface area contributed by atoms with Gasteiger partial charge in [0.1, 0.15) is 6.04 Å². The Morgan fingerprint density at radius 3 is 2.70 bits per heavy atom. The standard InChI is InChI=1S/C12H15N3O4S/c1-7-8(3-2-4-10(7)20(13,18)19)15-12(17)9-5-6-11(16)14-9/h2-4,9H,5-6H2,1H3,(H,14,16)(H,15,17)(H2,13,18,19)/t9-/m0/s1. The Hall–Kier alpha value is -1.93. The van der Waals surface area contributed by atoms with Gasteiger partial charge in [0, 0.05) is 12.1 Å². The second kappa shape index (κ2) is 5.22. The van der Waals surface area contributed by atoms with E-state index in [1.807, 2.05) is 0 Å². The monoisotopic (exact) mass is 297 g/mol. The molecular formula is C12H15N3O4S. The van der Waals surface area contributed by atoms with Gasteiger partial charge >= 0.3 is 0 Å². The first-order chi connectivity index (χ1) is 9.29. The molecule has 1 aliphatic rings. The lowest BCUT2D eigenvalue weighted by atomic mass is 10.1. The van der Waals surface area contributed by atoms with E-state index in [-0.39, 0.29) is 16.7 Å². The lowest BCUT2D eigenvalue weighted by Crippen LogP contribution is -2.37. The lowest BCUT2D eigenvalue weighted by molar-refractivity contribution is -0.122. The predicted octanol–water partition coefficient (Wildman–Crippen LogP) is -0.140. The minimum atomic E-state index is -3.84. The van der Waals surface area contributed by atoms with Crippen LogP contribution in [0.5, 0.6) is 0 Å². The van der Waals surface area contributed by atoms with Gasteiger partial charge in [-0.1, -0.05) is 6.07 Å². The van der Waals surface area contributed by atoms with E-state index in [1.165, 1.54) is 12.1 Å². The zero-order chi connectivity index (χ0) is 14.9. The van der Waals surface area contributed by atoms with Crippen molar-refractivity contribution in [3.05, 3.63) is 23.8 Å². The third-order valence-electron chi connectivity index (χ3n) is 3.16. The Labute approximate surface area is 116 Å². The van der Waals surface area contributed by atoms with Crippen LogP contribution in [0.4, 0.5) is 5.69 Å². The van der Waals surface area contributed by atoms with Gasteiger partial charge in [0.2, 0.25) is 21.8 Å². The number of nitrogens with two attached hydrogens (primary N) is 1. The summed E-state index contributed by atoms with van der Waals surface area (Å²) in [5.74, 6) is -0.536. The number of rotatable bonds is 3. The predicted molar refractivity (Wildman–Crippen MR) is 72.3 cm³/mol. The van der Waals surface area contributed by atoms with Crippen molar-refractivity contribution in [2.75, 3.05) is 5.32 Å². The van der Waals surface area contributed by atoms with Crippen LogP contribution in [0.1, 0.15) is 18.4 Å². The van der Waals surface area contributed by atoms with Gasteiger partial charge in [-0.3, -0.25) is 9.59 Å². The van der Waals surface area contributed by atoms with Gasteiger partial charge in [-0.05, 0) is 31.0 Å². The number of anilines is 1. The zero-order valence-corrected chi connectivity index (χ0v) is 11.7. The highest BCUT2D eigenvalue weighted by Crippen LogP contribution is 2.22. The number of amides is 2. The molecule has 0 aliphatic carbocycles. The van der Waals surface area contributed by atoms with E-state index in [0.29, 0.717) is 24.1 Å². The second-order valence-electron chi connectivity index (χ2n) is 4.62. The molecule has 0 unspecified atom stereocenters. The van der Waals surface area contributed by atoms with Crippen LogP contribution in [0.3, 0.4) is 0 Å². The van der Waals surface area contributed by atoms with Crippen molar-refractivity contribution < 1.29 is 18.0 Å². The van der Waals surface area contributed by atoms with Crippen LogP contribution in [0.25, 0.3) is 0 Å². The molecule has 1 aromatic rings. The third kappa shape index (κ3) is 2.97. The Morgan fingerprint density at radius 1 is 1.45 bits per heavy atom. The summed E-state index contributed by atoms with van der Waals surface area (Å²) < 4.78 is 22.8. The highest BCUT2D eigenvalue weighted by molar-refractivity contribution is 7.89. The molecule has 1 aromatic carbocycles. The number of benzene rings is 1. The molecule has 0 bridgehead atoms. The maximum atomic E-state index is 12.0. The Bertz CT molecular complexity index is 669. The molecule has 20 heavy (non-hydrogen) atoms. The summed E-state index contributed by atoms with van der Waals surface area (Å²) in [5, 5.41) is 10.3. The molecule has 1 atom stereocenters. The quantitative estimate of drug-likeness (QED) is 0.719. The fraction of sp³-hybridized carbons (Fsp3) is 0.333. The zero-order valence-electron chi connectivity index (χ0n) is 10.8.